The first-order valence-corrected chi connectivity index (χ1v) is 5.99. The molecule has 1 atom stereocenters. The normalized spacial score (nSPS) is 21.9. The van der Waals surface area contributed by atoms with Crippen LogP contribution < -0.4 is 4.74 Å². The summed E-state index contributed by atoms with van der Waals surface area (Å²) in [6, 6.07) is 2.45. The molecule has 0 aliphatic carbocycles. The Kier molecular flexibility index (Phi) is 3.59. The Morgan fingerprint density at radius 2 is 2.53 bits per heavy atom. The molecule has 0 spiro atoms. The Morgan fingerprint density at radius 1 is 1.67 bits per heavy atom. The van der Waals surface area contributed by atoms with Gasteiger partial charge in [0, 0.05) is 12.2 Å². The third kappa shape index (κ3) is 2.69. The molecule has 3 nitrogen and oxygen atoms in total. The molecule has 0 N–H and O–H groups in total. The first-order chi connectivity index (χ1) is 7.27. The minimum atomic E-state index is 0.553. The van der Waals surface area contributed by atoms with E-state index in [1.54, 1.807) is 12.4 Å². The first-order valence-electron chi connectivity index (χ1n) is 5.20. The SMILES string of the molecule is CN1CCCC1COc1cnccc1Br. The van der Waals surface area contributed by atoms with Crippen molar-refractivity contribution in [3.63, 3.8) is 0 Å². The van der Waals surface area contributed by atoms with Crippen molar-refractivity contribution in [1.82, 2.24) is 9.88 Å². The second-order valence-corrected chi connectivity index (χ2v) is 4.75. The Bertz CT molecular complexity index is 332. The topological polar surface area (TPSA) is 25.4 Å². The summed E-state index contributed by atoms with van der Waals surface area (Å²) in [6.07, 6.45) is 6.00. The van der Waals surface area contributed by atoms with Gasteiger partial charge in [-0.05, 0) is 48.4 Å². The van der Waals surface area contributed by atoms with Crippen LogP contribution >= 0.6 is 15.9 Å². The predicted molar refractivity (Wildman–Crippen MR) is 63.1 cm³/mol. The van der Waals surface area contributed by atoms with E-state index >= 15 is 0 Å². The molecule has 0 radical (unpaired) electrons. The molecule has 1 aliphatic heterocycles. The van der Waals surface area contributed by atoms with Gasteiger partial charge in [0.1, 0.15) is 6.61 Å². The van der Waals surface area contributed by atoms with Crippen molar-refractivity contribution >= 4 is 15.9 Å². The molecule has 0 bridgehead atoms. The maximum atomic E-state index is 5.74. The Balaban J connectivity index is 1.90. The maximum absolute atomic E-state index is 5.74. The fourth-order valence-electron chi connectivity index (χ4n) is 1.85. The summed E-state index contributed by atoms with van der Waals surface area (Å²) in [5, 5.41) is 0. The van der Waals surface area contributed by atoms with Crippen LogP contribution in [0.5, 0.6) is 5.75 Å². The van der Waals surface area contributed by atoms with Gasteiger partial charge in [-0.1, -0.05) is 0 Å². The highest BCUT2D eigenvalue weighted by Crippen LogP contribution is 2.24. The summed E-state index contributed by atoms with van der Waals surface area (Å²) in [5.41, 5.74) is 0. The summed E-state index contributed by atoms with van der Waals surface area (Å²) in [7, 11) is 2.15. The Morgan fingerprint density at radius 3 is 3.20 bits per heavy atom. The molecule has 1 unspecified atom stereocenters. The van der Waals surface area contributed by atoms with Crippen LogP contribution in [-0.4, -0.2) is 36.1 Å². The van der Waals surface area contributed by atoms with Crippen LogP contribution in [0.2, 0.25) is 0 Å². The molecule has 0 saturated carbocycles. The van der Waals surface area contributed by atoms with Gasteiger partial charge in [-0.25, -0.2) is 0 Å². The van der Waals surface area contributed by atoms with Crippen LogP contribution in [0.25, 0.3) is 0 Å². The highest BCUT2D eigenvalue weighted by Gasteiger charge is 2.21. The van der Waals surface area contributed by atoms with Crippen molar-refractivity contribution in [3.05, 3.63) is 22.9 Å². The molecule has 1 aromatic heterocycles. The monoisotopic (exact) mass is 270 g/mol. The van der Waals surface area contributed by atoms with Crippen LogP contribution in [0.3, 0.4) is 0 Å². The zero-order chi connectivity index (χ0) is 10.7. The molecule has 2 rings (SSSR count). The van der Waals surface area contributed by atoms with E-state index in [0.29, 0.717) is 6.04 Å². The lowest BCUT2D eigenvalue weighted by atomic mass is 10.2. The van der Waals surface area contributed by atoms with E-state index in [-0.39, 0.29) is 0 Å². The first kappa shape index (κ1) is 10.9. The van der Waals surface area contributed by atoms with Crippen molar-refractivity contribution in [2.75, 3.05) is 20.2 Å². The van der Waals surface area contributed by atoms with E-state index < -0.39 is 0 Å². The van der Waals surface area contributed by atoms with Crippen LogP contribution in [0.15, 0.2) is 22.9 Å². The van der Waals surface area contributed by atoms with Gasteiger partial charge in [0.2, 0.25) is 0 Å². The third-order valence-corrected chi connectivity index (χ3v) is 3.49. The lowest BCUT2D eigenvalue weighted by Gasteiger charge is -2.19. The highest BCUT2D eigenvalue weighted by molar-refractivity contribution is 9.10. The van der Waals surface area contributed by atoms with Crippen molar-refractivity contribution < 1.29 is 4.74 Å². The quantitative estimate of drug-likeness (QED) is 0.843. The number of nitrogens with zero attached hydrogens (tertiary/aromatic N) is 2. The van der Waals surface area contributed by atoms with Crippen LogP contribution in [0.1, 0.15) is 12.8 Å². The third-order valence-electron chi connectivity index (χ3n) is 2.84. The fraction of sp³-hybridized carbons (Fsp3) is 0.545. The lowest BCUT2D eigenvalue weighted by molar-refractivity contribution is 0.197. The smallest absolute Gasteiger partial charge is 0.151 e. The molecule has 1 aromatic rings. The van der Waals surface area contributed by atoms with E-state index in [1.807, 2.05) is 6.07 Å². The van der Waals surface area contributed by atoms with E-state index in [2.05, 4.69) is 32.9 Å². The maximum Gasteiger partial charge on any atom is 0.151 e. The van der Waals surface area contributed by atoms with Gasteiger partial charge in [-0.15, -0.1) is 0 Å². The van der Waals surface area contributed by atoms with Gasteiger partial charge in [-0.3, -0.25) is 4.98 Å². The van der Waals surface area contributed by atoms with E-state index in [9.17, 15) is 0 Å². The summed E-state index contributed by atoms with van der Waals surface area (Å²) in [6.45, 7) is 1.93. The molecule has 1 aliphatic rings. The van der Waals surface area contributed by atoms with Crippen LogP contribution in [-0.2, 0) is 0 Å². The van der Waals surface area contributed by atoms with E-state index in [4.69, 9.17) is 4.74 Å². The number of aromatic nitrogens is 1. The standard InChI is InChI=1S/C11H15BrN2O/c1-14-6-2-3-9(14)8-15-11-7-13-5-4-10(11)12/h4-5,7,9H,2-3,6,8H2,1H3. The van der Waals surface area contributed by atoms with Crippen LogP contribution in [0.4, 0.5) is 0 Å². The van der Waals surface area contributed by atoms with E-state index in [1.165, 1.54) is 19.4 Å². The van der Waals surface area contributed by atoms with E-state index in [0.717, 1.165) is 16.8 Å². The lowest BCUT2D eigenvalue weighted by Crippen LogP contribution is -2.30. The number of halogens is 1. The van der Waals surface area contributed by atoms with Gasteiger partial charge >= 0.3 is 0 Å². The van der Waals surface area contributed by atoms with Gasteiger partial charge in [0.25, 0.3) is 0 Å². The van der Waals surface area contributed by atoms with Crippen molar-refractivity contribution in [1.29, 1.82) is 0 Å². The van der Waals surface area contributed by atoms with Gasteiger partial charge in [0.05, 0.1) is 10.7 Å². The summed E-state index contributed by atoms with van der Waals surface area (Å²) in [5.74, 6) is 0.831. The second-order valence-electron chi connectivity index (χ2n) is 3.89. The molecule has 1 saturated heterocycles. The minimum absolute atomic E-state index is 0.553. The largest absolute Gasteiger partial charge is 0.489 e. The molecule has 0 amide bonds. The Labute approximate surface area is 98.6 Å². The predicted octanol–water partition coefficient (Wildman–Crippen LogP) is 2.32. The second kappa shape index (κ2) is 4.94. The molecular weight excluding hydrogens is 256 g/mol. The number of hydrogen-bond donors (Lipinski definition) is 0. The average molecular weight is 271 g/mol. The zero-order valence-corrected chi connectivity index (χ0v) is 10.4. The molecular formula is C11H15BrN2O. The summed E-state index contributed by atoms with van der Waals surface area (Å²) in [4.78, 5) is 6.39. The van der Waals surface area contributed by atoms with Crippen molar-refractivity contribution in [2.24, 2.45) is 0 Å². The number of hydrogen-bond acceptors (Lipinski definition) is 3. The van der Waals surface area contributed by atoms with Crippen molar-refractivity contribution in [2.45, 2.75) is 18.9 Å². The summed E-state index contributed by atoms with van der Waals surface area (Å²) < 4.78 is 6.71. The number of ether oxygens (including phenoxy) is 1. The molecule has 1 fully saturated rings. The summed E-state index contributed by atoms with van der Waals surface area (Å²) >= 11 is 3.44. The Hall–Kier alpha value is -0.610. The zero-order valence-electron chi connectivity index (χ0n) is 8.82. The molecule has 15 heavy (non-hydrogen) atoms. The van der Waals surface area contributed by atoms with Gasteiger partial charge in [0.15, 0.2) is 5.75 Å². The van der Waals surface area contributed by atoms with Crippen LogP contribution in [0, 0.1) is 0 Å². The number of likely N-dealkylation sites (N-methyl/N-ethyl adjacent to an activating group) is 1. The molecule has 0 aromatic carbocycles. The van der Waals surface area contributed by atoms with Crippen molar-refractivity contribution in [3.8, 4) is 5.75 Å². The number of rotatable bonds is 3. The molecule has 82 valence electrons. The minimum Gasteiger partial charge on any atom is -0.489 e. The molecule has 4 heteroatoms. The van der Waals surface area contributed by atoms with Gasteiger partial charge < -0.3 is 9.64 Å². The fourth-order valence-corrected chi connectivity index (χ4v) is 2.18. The highest BCUT2D eigenvalue weighted by atomic mass is 79.9. The number of pyridine rings is 1. The average Bonchev–Trinajstić information content (AvgIpc) is 2.63. The number of likely N-dealkylation sites (tertiary alicyclic amines) is 1. The van der Waals surface area contributed by atoms with Gasteiger partial charge in [-0.2, -0.15) is 0 Å². The molecule has 2 heterocycles.